The summed E-state index contributed by atoms with van der Waals surface area (Å²) in [6, 6.07) is 7.67. The van der Waals surface area contributed by atoms with E-state index in [4.69, 9.17) is 5.73 Å². The van der Waals surface area contributed by atoms with Crippen molar-refractivity contribution in [2.75, 3.05) is 23.7 Å². The van der Waals surface area contributed by atoms with Crippen molar-refractivity contribution < 1.29 is 22.2 Å². The number of hydrogen-bond acceptors (Lipinski definition) is 4. The molecule has 1 aromatic carbocycles. The molecule has 4 nitrogen and oxygen atoms in total. The summed E-state index contributed by atoms with van der Waals surface area (Å²) in [5, 5.41) is 1.08. The van der Waals surface area contributed by atoms with Gasteiger partial charge in [0.15, 0.2) is 5.78 Å². The molecule has 0 saturated carbocycles. The van der Waals surface area contributed by atoms with E-state index in [9.17, 15) is 4.79 Å². The Balaban J connectivity index is 0.00000169. The van der Waals surface area contributed by atoms with Crippen molar-refractivity contribution in [1.82, 2.24) is 0 Å². The van der Waals surface area contributed by atoms with Gasteiger partial charge in [-0.15, -0.1) is 0 Å². The summed E-state index contributed by atoms with van der Waals surface area (Å²) in [6.07, 6.45) is 8.20. The van der Waals surface area contributed by atoms with Crippen LogP contribution in [0.2, 0.25) is 0 Å². The first-order valence-electron chi connectivity index (χ1n) is 7.82. The minimum Gasteiger partial charge on any atom is -1.00 e. The number of ketones is 1. The number of fused-ring (bicyclic) bond motifs is 1. The molecule has 6 heteroatoms. The summed E-state index contributed by atoms with van der Waals surface area (Å²) in [5.41, 5.74) is 8.51. The number of anilines is 2. The number of carbonyl (C=O) groups excluding carboxylic acids is 1. The van der Waals surface area contributed by atoms with Crippen molar-refractivity contribution in [3.8, 4) is 0 Å². The molecule has 2 heterocycles. The first-order valence-corrected chi connectivity index (χ1v) is 8.64. The molecule has 4 rings (SSSR count). The average Bonchev–Trinajstić information content (AvgIpc) is 3.21. The highest BCUT2D eigenvalue weighted by molar-refractivity contribution is 7.16. The van der Waals surface area contributed by atoms with Gasteiger partial charge in [-0.25, -0.2) is 4.98 Å². The molecule has 1 saturated heterocycles. The molecule has 1 aliphatic carbocycles. The highest BCUT2D eigenvalue weighted by atomic mass is 35.5. The van der Waals surface area contributed by atoms with E-state index in [1.807, 2.05) is 42.5 Å². The largest absolute Gasteiger partial charge is 1.00 e. The fraction of sp³-hybridized carbons (Fsp3) is 0.222. The maximum atomic E-state index is 12.6. The van der Waals surface area contributed by atoms with E-state index in [0.29, 0.717) is 11.4 Å². The Hall–Kier alpha value is -2.11. The smallest absolute Gasteiger partial charge is 0.280 e. The maximum absolute atomic E-state index is 12.6. The fourth-order valence-electron chi connectivity index (χ4n) is 3.05. The minimum atomic E-state index is 0. The lowest BCUT2D eigenvalue weighted by Crippen LogP contribution is -3.00. The summed E-state index contributed by atoms with van der Waals surface area (Å²) in [5.74, 6) is 0.683. The number of hydrogen-bond donors (Lipinski definition) is 1. The third-order valence-corrected chi connectivity index (χ3v) is 5.41. The van der Waals surface area contributed by atoms with E-state index < -0.39 is 0 Å². The minimum absolute atomic E-state index is 0. The summed E-state index contributed by atoms with van der Waals surface area (Å²) in [7, 11) is 0. The molecular weight excluding hydrogens is 342 g/mol. The number of Topliss-reactive ketones (excluding diaryl/α,β-unsaturated/α-hetero) is 1. The number of nitrogen functional groups attached to an aromatic ring is 1. The molecule has 24 heavy (non-hydrogen) atoms. The first-order chi connectivity index (χ1) is 11.2. The maximum Gasteiger partial charge on any atom is 0.280 e. The standard InChI is InChI=1S/C18H17N3OS.ClH/c19-17-15(23-18(20-17)21-9-3-4-10-21)11-13-8-7-12-5-1-2-6-14(12)16(13)22;/h1-2,5-8,11H,3-4,9-10,19H2;1H. The van der Waals surface area contributed by atoms with Gasteiger partial charge in [0, 0.05) is 11.1 Å². The summed E-state index contributed by atoms with van der Waals surface area (Å²) in [4.78, 5) is 19.1. The number of allylic oxidation sites excluding steroid dienone is 2. The van der Waals surface area contributed by atoms with Gasteiger partial charge in [0.2, 0.25) is 5.82 Å². The van der Waals surface area contributed by atoms with Gasteiger partial charge < -0.3 is 18.1 Å². The number of nitrogens with two attached hydrogens (primary N) is 1. The topological polar surface area (TPSA) is 60.5 Å². The van der Waals surface area contributed by atoms with Crippen LogP contribution in [0.1, 0.15) is 33.6 Å². The first kappa shape index (κ1) is 16.7. The zero-order valence-electron chi connectivity index (χ0n) is 13.1. The second-order valence-corrected chi connectivity index (χ2v) is 6.88. The van der Waals surface area contributed by atoms with Crippen molar-refractivity contribution in [3.63, 3.8) is 0 Å². The Morgan fingerprint density at radius 2 is 1.92 bits per heavy atom. The number of carbonyl (C=O) groups is 1. The molecule has 1 fully saturated rings. The van der Waals surface area contributed by atoms with Crippen molar-refractivity contribution >= 4 is 40.2 Å². The van der Waals surface area contributed by atoms with Gasteiger partial charge in [0.05, 0.1) is 13.1 Å². The van der Waals surface area contributed by atoms with Crippen LogP contribution >= 0.6 is 11.3 Å². The van der Waals surface area contributed by atoms with Crippen LogP contribution in [0.4, 0.5) is 10.9 Å². The molecule has 0 spiro atoms. The molecule has 0 radical (unpaired) electrons. The second-order valence-electron chi connectivity index (χ2n) is 5.85. The molecule has 2 aliphatic rings. The van der Waals surface area contributed by atoms with E-state index in [-0.39, 0.29) is 18.2 Å². The van der Waals surface area contributed by atoms with E-state index in [0.717, 1.165) is 34.2 Å². The van der Waals surface area contributed by atoms with Crippen LogP contribution < -0.4 is 28.0 Å². The van der Waals surface area contributed by atoms with Crippen LogP contribution in [-0.2, 0) is 0 Å². The van der Waals surface area contributed by atoms with Crippen LogP contribution in [-0.4, -0.2) is 18.9 Å². The number of aromatic nitrogens is 1. The number of rotatable bonds is 2. The number of halogens is 1. The monoisotopic (exact) mass is 359 g/mol. The Kier molecular flexibility index (Phi) is 4.73. The SMILES string of the molecule is Nc1[nH+]c(N2CCCC2)sc1C=C1C=Cc2ccccc2C1=O.[Cl-]. The van der Waals surface area contributed by atoms with Gasteiger partial charge in [-0.05, 0) is 24.5 Å². The predicted octanol–water partition coefficient (Wildman–Crippen LogP) is 0.0417. The van der Waals surface area contributed by atoms with Crippen LogP contribution in [0.5, 0.6) is 0 Å². The predicted molar refractivity (Wildman–Crippen MR) is 94.5 cm³/mol. The highest BCUT2D eigenvalue weighted by Crippen LogP contribution is 2.30. The van der Waals surface area contributed by atoms with Crippen molar-refractivity contribution in [2.24, 2.45) is 0 Å². The third kappa shape index (κ3) is 2.97. The Bertz CT molecular complexity index is 835. The summed E-state index contributed by atoms with van der Waals surface area (Å²) >= 11 is 1.62. The Morgan fingerprint density at radius 1 is 1.17 bits per heavy atom. The molecule has 1 aliphatic heterocycles. The van der Waals surface area contributed by atoms with Gasteiger partial charge in [-0.3, -0.25) is 9.69 Å². The second kappa shape index (κ2) is 6.79. The molecule has 0 amide bonds. The van der Waals surface area contributed by atoms with Crippen LogP contribution in [0.25, 0.3) is 12.2 Å². The van der Waals surface area contributed by atoms with Crippen LogP contribution in [0, 0.1) is 0 Å². The van der Waals surface area contributed by atoms with Crippen molar-refractivity contribution in [3.05, 3.63) is 51.9 Å². The molecular formula is C18H18ClN3OS. The van der Waals surface area contributed by atoms with Gasteiger partial charge in [0.1, 0.15) is 4.88 Å². The lowest BCUT2D eigenvalue weighted by Gasteiger charge is -2.10. The molecule has 124 valence electrons. The molecule has 0 atom stereocenters. The number of benzene rings is 1. The number of aromatic amines is 1. The average molecular weight is 360 g/mol. The number of nitrogens with zero attached hydrogens (tertiary/aromatic N) is 1. The van der Waals surface area contributed by atoms with Gasteiger partial charge in [-0.1, -0.05) is 47.8 Å². The fourth-order valence-corrected chi connectivity index (χ4v) is 4.08. The van der Waals surface area contributed by atoms with Gasteiger partial charge >= 0.3 is 0 Å². The molecule has 2 aromatic rings. The summed E-state index contributed by atoms with van der Waals surface area (Å²) in [6.45, 7) is 2.14. The zero-order chi connectivity index (χ0) is 15.8. The number of nitrogens with one attached hydrogen (secondary N) is 1. The van der Waals surface area contributed by atoms with E-state index >= 15 is 0 Å². The zero-order valence-corrected chi connectivity index (χ0v) is 14.7. The van der Waals surface area contributed by atoms with Crippen LogP contribution in [0.3, 0.4) is 0 Å². The van der Waals surface area contributed by atoms with Crippen molar-refractivity contribution in [2.45, 2.75) is 12.8 Å². The Morgan fingerprint density at radius 3 is 2.71 bits per heavy atom. The van der Waals surface area contributed by atoms with Gasteiger partial charge in [-0.2, -0.15) is 0 Å². The van der Waals surface area contributed by atoms with Gasteiger partial charge in [0.25, 0.3) is 5.13 Å². The number of H-pyrrole nitrogens is 1. The number of thiazole rings is 1. The lowest BCUT2D eigenvalue weighted by atomic mass is 9.92. The highest BCUT2D eigenvalue weighted by Gasteiger charge is 2.23. The van der Waals surface area contributed by atoms with Crippen molar-refractivity contribution in [1.29, 1.82) is 0 Å². The normalized spacial score (nSPS) is 17.9. The van der Waals surface area contributed by atoms with E-state index in [1.54, 1.807) is 11.3 Å². The molecule has 0 bridgehead atoms. The van der Waals surface area contributed by atoms with Crippen LogP contribution in [0.15, 0.2) is 35.9 Å². The lowest BCUT2D eigenvalue weighted by molar-refractivity contribution is -0.339. The van der Waals surface area contributed by atoms with E-state index in [2.05, 4.69) is 9.88 Å². The molecule has 0 unspecified atom stereocenters. The third-order valence-electron chi connectivity index (χ3n) is 4.30. The van der Waals surface area contributed by atoms with E-state index in [1.165, 1.54) is 12.8 Å². The molecule has 3 N–H and O–H groups in total. The summed E-state index contributed by atoms with van der Waals surface area (Å²) < 4.78 is 0. The Labute approximate surface area is 151 Å². The molecule has 1 aromatic heterocycles. The quantitative estimate of drug-likeness (QED) is 0.770.